The molecule has 0 N–H and O–H groups in total. The number of carbonyl (C=O) groups excluding carboxylic acids is 2. The van der Waals surface area contributed by atoms with Gasteiger partial charge in [-0.1, -0.05) is 0 Å². The van der Waals surface area contributed by atoms with Gasteiger partial charge in [-0.05, 0) is 0 Å². The number of halogens is 3. The van der Waals surface area contributed by atoms with Crippen LogP contribution in [-0.4, -0.2) is 52.5 Å². The van der Waals surface area contributed by atoms with Crippen molar-refractivity contribution in [2.75, 3.05) is 12.5 Å². The van der Waals surface area contributed by atoms with Crippen LogP contribution in [0.3, 0.4) is 0 Å². The average molecular weight is 433 g/mol. The number of rotatable bonds is 5. The summed E-state index contributed by atoms with van der Waals surface area (Å²) >= 11 is 13.9. The van der Waals surface area contributed by atoms with E-state index in [0.29, 0.717) is 9.94 Å². The Bertz CT molecular complexity index is 374. The SMILES string of the molecule is CC(Cl)OC(=O)O[C]1=CC[CH](Cl)[In]1[C](=O)OCCCl. The minimum atomic E-state index is -3.16. The molecule has 5 nitrogen and oxygen atoms in total. The van der Waals surface area contributed by atoms with Crippen LogP contribution in [0.4, 0.5) is 9.59 Å². The maximum atomic E-state index is 11.9. The summed E-state index contributed by atoms with van der Waals surface area (Å²) in [6.45, 7) is 1.60. The van der Waals surface area contributed by atoms with Gasteiger partial charge in [0.1, 0.15) is 0 Å². The quantitative estimate of drug-likeness (QED) is 0.493. The van der Waals surface area contributed by atoms with E-state index < -0.39 is 33.2 Å². The van der Waals surface area contributed by atoms with Gasteiger partial charge in [-0.3, -0.25) is 0 Å². The molecule has 0 amide bonds. The molecule has 1 aliphatic heterocycles. The normalized spacial score (nSPS) is 19.7. The Hall–Kier alpha value is 0.220. The summed E-state index contributed by atoms with van der Waals surface area (Å²) < 4.78 is 14.2. The zero-order valence-electron chi connectivity index (χ0n) is 10.1. The number of allylic oxidation sites excluding steroid dienone is 1. The van der Waals surface area contributed by atoms with E-state index in [9.17, 15) is 9.59 Å². The van der Waals surface area contributed by atoms with Crippen LogP contribution in [0.1, 0.15) is 13.3 Å². The number of ether oxygens (including phenoxy) is 3. The van der Waals surface area contributed by atoms with Gasteiger partial charge in [0.05, 0.1) is 0 Å². The molecule has 19 heavy (non-hydrogen) atoms. The van der Waals surface area contributed by atoms with Crippen LogP contribution < -0.4 is 0 Å². The molecular formula is C10H12Cl3InO5. The van der Waals surface area contributed by atoms with Crippen molar-refractivity contribution in [2.24, 2.45) is 0 Å². The van der Waals surface area contributed by atoms with Gasteiger partial charge < -0.3 is 0 Å². The van der Waals surface area contributed by atoms with Gasteiger partial charge in [0, 0.05) is 0 Å². The Morgan fingerprint density at radius 1 is 1.58 bits per heavy atom. The summed E-state index contributed by atoms with van der Waals surface area (Å²) in [5, 5.41) is 0. The van der Waals surface area contributed by atoms with E-state index in [-0.39, 0.29) is 19.3 Å². The van der Waals surface area contributed by atoms with Gasteiger partial charge in [0.15, 0.2) is 0 Å². The molecular weight excluding hydrogens is 421 g/mol. The molecule has 0 saturated carbocycles. The van der Waals surface area contributed by atoms with Crippen molar-refractivity contribution in [3.8, 4) is 0 Å². The number of carbonyl (C=O) groups is 2. The molecule has 1 heterocycles. The second-order valence-electron chi connectivity index (χ2n) is 3.71. The van der Waals surface area contributed by atoms with Crippen molar-refractivity contribution in [2.45, 2.75) is 22.0 Å². The van der Waals surface area contributed by atoms with Crippen LogP contribution >= 0.6 is 34.8 Å². The molecule has 0 saturated heterocycles. The standard InChI is InChI=1S/C7H8Cl2O3.C3H4ClO2.In/c1-6(9)12-7(10)11-5-3-2-4-8;4-1-2-6-3-5;/h3-4,6H,2H2,1H3;1-2H2;. The molecule has 0 radical (unpaired) electrons. The summed E-state index contributed by atoms with van der Waals surface area (Å²) in [5.41, 5.74) is -0.807. The molecule has 2 atom stereocenters. The summed E-state index contributed by atoms with van der Waals surface area (Å²) in [7, 11) is 0. The van der Waals surface area contributed by atoms with E-state index in [1.807, 2.05) is 0 Å². The predicted octanol–water partition coefficient (Wildman–Crippen LogP) is 3.15. The Balaban J connectivity index is 2.61. The second-order valence-corrected chi connectivity index (χ2v) is 14.5. The number of hydrogen-bond donors (Lipinski definition) is 0. The maximum absolute atomic E-state index is 11.9. The Morgan fingerprint density at radius 3 is 2.84 bits per heavy atom. The third-order valence-corrected chi connectivity index (χ3v) is 11.9. The molecule has 106 valence electrons. The van der Waals surface area contributed by atoms with Gasteiger partial charge in [-0.15, -0.1) is 0 Å². The summed E-state index contributed by atoms with van der Waals surface area (Å²) in [6.07, 6.45) is 1.18. The number of hydrogen-bond acceptors (Lipinski definition) is 5. The summed E-state index contributed by atoms with van der Waals surface area (Å²) in [5.74, 6) is 0.211. The predicted molar refractivity (Wildman–Crippen MR) is 73.0 cm³/mol. The van der Waals surface area contributed by atoms with Crippen LogP contribution in [0.5, 0.6) is 0 Å². The zero-order valence-corrected chi connectivity index (χ0v) is 15.7. The molecule has 0 aromatic carbocycles. The molecule has 1 rings (SSSR count). The van der Waals surface area contributed by atoms with Crippen LogP contribution in [-0.2, 0) is 14.2 Å². The van der Waals surface area contributed by atoms with Crippen LogP contribution in [0.2, 0.25) is 0 Å². The van der Waals surface area contributed by atoms with Gasteiger partial charge >= 0.3 is 134 Å². The summed E-state index contributed by atoms with van der Waals surface area (Å²) in [6, 6.07) is 0. The summed E-state index contributed by atoms with van der Waals surface area (Å²) in [4.78, 5) is 23.2. The number of alkyl halides is 3. The van der Waals surface area contributed by atoms with E-state index in [1.54, 1.807) is 6.08 Å². The fraction of sp³-hybridized carbons (Fsp3) is 0.600. The molecule has 0 spiro atoms. The molecule has 0 aliphatic carbocycles. The molecule has 0 aromatic heterocycles. The van der Waals surface area contributed by atoms with E-state index in [1.165, 1.54) is 6.92 Å². The van der Waals surface area contributed by atoms with Crippen molar-refractivity contribution in [3.05, 3.63) is 9.59 Å². The van der Waals surface area contributed by atoms with E-state index in [0.717, 1.165) is 0 Å². The fourth-order valence-electron chi connectivity index (χ4n) is 1.52. The van der Waals surface area contributed by atoms with Crippen molar-refractivity contribution >= 4 is 66.1 Å². The third kappa shape index (κ3) is 5.61. The first-order valence-corrected chi connectivity index (χ1v) is 12.2. The second kappa shape index (κ2) is 8.49. The van der Waals surface area contributed by atoms with Crippen LogP contribution in [0.15, 0.2) is 9.59 Å². The van der Waals surface area contributed by atoms with Gasteiger partial charge in [-0.2, -0.15) is 0 Å². The first-order chi connectivity index (χ1) is 8.95. The van der Waals surface area contributed by atoms with Crippen LogP contribution in [0.25, 0.3) is 0 Å². The zero-order chi connectivity index (χ0) is 14.4. The van der Waals surface area contributed by atoms with Crippen LogP contribution in [0, 0.1) is 0 Å². The van der Waals surface area contributed by atoms with E-state index >= 15 is 0 Å². The van der Waals surface area contributed by atoms with Gasteiger partial charge in [0.25, 0.3) is 0 Å². The molecule has 0 bridgehead atoms. The Labute approximate surface area is 133 Å². The molecule has 2 unspecified atom stereocenters. The van der Waals surface area contributed by atoms with E-state index in [2.05, 4.69) is 4.74 Å². The Morgan fingerprint density at radius 2 is 2.26 bits per heavy atom. The first kappa shape index (κ1) is 17.3. The molecule has 0 aromatic rings. The average Bonchev–Trinajstić information content (AvgIpc) is 2.66. The van der Waals surface area contributed by atoms with Crippen molar-refractivity contribution in [3.63, 3.8) is 0 Å². The third-order valence-electron chi connectivity index (χ3n) is 2.25. The Kier molecular flexibility index (Phi) is 7.72. The van der Waals surface area contributed by atoms with Crippen molar-refractivity contribution in [1.82, 2.24) is 0 Å². The van der Waals surface area contributed by atoms with Crippen molar-refractivity contribution in [1.29, 1.82) is 0 Å². The van der Waals surface area contributed by atoms with E-state index in [4.69, 9.17) is 44.3 Å². The minimum absolute atomic E-state index is 0.119. The molecule has 9 heteroatoms. The van der Waals surface area contributed by atoms with Gasteiger partial charge in [0.2, 0.25) is 0 Å². The first-order valence-electron chi connectivity index (χ1n) is 5.55. The van der Waals surface area contributed by atoms with Gasteiger partial charge in [-0.25, -0.2) is 0 Å². The fourth-order valence-corrected chi connectivity index (χ4v) is 9.57. The molecule has 1 aliphatic rings. The topological polar surface area (TPSA) is 61.8 Å². The monoisotopic (exact) mass is 432 g/mol. The molecule has 0 fully saturated rings. The van der Waals surface area contributed by atoms with Crippen molar-refractivity contribution < 1.29 is 23.8 Å².